The summed E-state index contributed by atoms with van der Waals surface area (Å²) in [6, 6.07) is -0.623. The molecule has 0 aliphatic carbocycles. The molecule has 510 valence electrons. The predicted octanol–water partition coefficient (Wildman–Crippen LogP) is 26.0. The van der Waals surface area contributed by atoms with Gasteiger partial charge in [0.25, 0.3) is 0 Å². The number of ether oxygens (including phenoxy) is 1. The first kappa shape index (κ1) is 84.3. The number of aliphatic hydroxyl groups excluding tert-OH is 2. The van der Waals surface area contributed by atoms with Crippen LogP contribution in [0.5, 0.6) is 0 Å². The van der Waals surface area contributed by atoms with Crippen molar-refractivity contribution in [2.75, 3.05) is 13.2 Å². The summed E-state index contributed by atoms with van der Waals surface area (Å²) in [4.78, 5) is 24.5. The van der Waals surface area contributed by atoms with Crippen molar-refractivity contribution in [3.05, 3.63) is 24.3 Å². The second-order valence-corrected chi connectivity index (χ2v) is 27.4. The predicted molar refractivity (Wildman–Crippen MR) is 380 cm³/mol. The monoisotopic (exact) mass is 1210 g/mol. The van der Waals surface area contributed by atoms with Crippen LogP contribution >= 0.6 is 0 Å². The number of esters is 1. The zero-order valence-corrected chi connectivity index (χ0v) is 58.6. The minimum absolute atomic E-state index is 0.0134. The molecule has 0 rings (SSSR count). The molecule has 0 spiro atoms. The molecule has 0 aromatic carbocycles. The zero-order valence-electron chi connectivity index (χ0n) is 58.6. The lowest BCUT2D eigenvalue weighted by atomic mass is 10.0. The van der Waals surface area contributed by atoms with Crippen molar-refractivity contribution in [1.29, 1.82) is 0 Å². The van der Waals surface area contributed by atoms with Crippen LogP contribution in [0.1, 0.15) is 450 Å². The summed E-state index contributed by atoms with van der Waals surface area (Å²) >= 11 is 0. The van der Waals surface area contributed by atoms with Crippen molar-refractivity contribution < 1.29 is 24.5 Å². The van der Waals surface area contributed by atoms with Crippen molar-refractivity contribution in [1.82, 2.24) is 5.32 Å². The Hall–Kier alpha value is -1.66. The van der Waals surface area contributed by atoms with E-state index in [4.69, 9.17) is 4.74 Å². The normalized spacial score (nSPS) is 12.6. The quantitative estimate of drug-likeness (QED) is 0.0320. The van der Waals surface area contributed by atoms with Gasteiger partial charge in [-0.15, -0.1) is 0 Å². The molecule has 0 heterocycles. The van der Waals surface area contributed by atoms with Crippen LogP contribution in [0.25, 0.3) is 0 Å². The third kappa shape index (κ3) is 71.4. The van der Waals surface area contributed by atoms with Gasteiger partial charge in [0, 0.05) is 12.8 Å². The van der Waals surface area contributed by atoms with Gasteiger partial charge in [0.05, 0.1) is 25.4 Å². The number of hydrogen-bond donors (Lipinski definition) is 3. The molecular weight excluding hydrogens is 1050 g/mol. The van der Waals surface area contributed by atoms with E-state index < -0.39 is 12.1 Å². The van der Waals surface area contributed by atoms with E-state index in [1.54, 1.807) is 6.08 Å². The lowest BCUT2D eigenvalue weighted by Crippen LogP contribution is -2.45. The summed E-state index contributed by atoms with van der Waals surface area (Å²) in [7, 11) is 0. The zero-order chi connectivity index (χ0) is 62.0. The van der Waals surface area contributed by atoms with Crippen LogP contribution in [0.15, 0.2) is 24.3 Å². The average Bonchev–Trinajstić information content (AvgIpc) is 3.59. The lowest BCUT2D eigenvalue weighted by Gasteiger charge is -2.20. The summed E-state index contributed by atoms with van der Waals surface area (Å²) in [6.07, 6.45) is 97.5. The van der Waals surface area contributed by atoms with Crippen LogP contribution < -0.4 is 5.32 Å². The Morgan fingerprint density at radius 1 is 0.314 bits per heavy atom. The van der Waals surface area contributed by atoms with Gasteiger partial charge in [-0.05, 0) is 51.4 Å². The lowest BCUT2D eigenvalue weighted by molar-refractivity contribution is -0.143. The van der Waals surface area contributed by atoms with Crippen LogP contribution in [-0.4, -0.2) is 47.4 Å². The number of allylic oxidation sites excluding steroid dienone is 3. The maximum Gasteiger partial charge on any atom is 0.305 e. The minimum atomic E-state index is -0.840. The largest absolute Gasteiger partial charge is 0.466 e. The third-order valence-corrected chi connectivity index (χ3v) is 18.7. The Kier molecular flexibility index (Phi) is 74.3. The first-order valence-corrected chi connectivity index (χ1v) is 39.6. The molecule has 86 heavy (non-hydrogen) atoms. The van der Waals surface area contributed by atoms with E-state index in [0.717, 1.165) is 44.9 Å². The minimum Gasteiger partial charge on any atom is -0.466 e. The molecule has 0 aliphatic heterocycles. The van der Waals surface area contributed by atoms with Gasteiger partial charge in [-0.25, -0.2) is 0 Å². The van der Waals surface area contributed by atoms with Crippen molar-refractivity contribution in [2.24, 2.45) is 0 Å². The van der Waals surface area contributed by atoms with Crippen molar-refractivity contribution in [3.8, 4) is 0 Å². The van der Waals surface area contributed by atoms with E-state index in [-0.39, 0.29) is 18.5 Å². The third-order valence-electron chi connectivity index (χ3n) is 18.7. The summed E-state index contributed by atoms with van der Waals surface area (Å²) in [5.41, 5.74) is 0. The first-order valence-electron chi connectivity index (χ1n) is 39.6. The van der Waals surface area contributed by atoms with Crippen LogP contribution in [0.4, 0.5) is 0 Å². The van der Waals surface area contributed by atoms with Gasteiger partial charge in [-0.3, -0.25) is 9.59 Å². The van der Waals surface area contributed by atoms with Gasteiger partial charge in [0.2, 0.25) is 5.91 Å². The van der Waals surface area contributed by atoms with E-state index in [1.807, 2.05) is 6.08 Å². The SMILES string of the molecule is CCCC/C=C\CCCCCCCC(=O)OCCCCCCCCCCCCCCCCCCCCCCCCCCCCCCCCCCCCCCCCCC(=O)NC(CO)C(O)/C=C/CCCCCCCCCCCCCCCCCCC. The van der Waals surface area contributed by atoms with Gasteiger partial charge < -0.3 is 20.3 Å². The van der Waals surface area contributed by atoms with Crippen molar-refractivity contribution >= 4 is 11.9 Å². The van der Waals surface area contributed by atoms with Gasteiger partial charge in [0.15, 0.2) is 0 Å². The van der Waals surface area contributed by atoms with Gasteiger partial charge in [-0.1, -0.05) is 411 Å². The molecule has 0 saturated carbocycles. The molecule has 6 nitrogen and oxygen atoms in total. The molecule has 0 saturated heterocycles. The second-order valence-electron chi connectivity index (χ2n) is 27.4. The number of amides is 1. The molecular formula is C80H155NO5. The molecule has 1 amide bonds. The fraction of sp³-hybridized carbons (Fsp3) is 0.925. The van der Waals surface area contributed by atoms with E-state index in [9.17, 15) is 19.8 Å². The van der Waals surface area contributed by atoms with Gasteiger partial charge in [0.1, 0.15) is 0 Å². The summed E-state index contributed by atoms with van der Waals surface area (Å²) in [6.45, 7) is 4.91. The molecule has 0 aromatic heterocycles. The Morgan fingerprint density at radius 3 is 0.860 bits per heavy atom. The molecule has 2 atom stereocenters. The highest BCUT2D eigenvalue weighted by Gasteiger charge is 2.18. The standard InChI is InChI=1S/C80H155NO5/c1-3-5-7-9-11-13-15-16-17-18-40-43-46-49-53-56-60-64-68-72-78(83)77(76-82)81-79(84)73-69-65-61-57-54-50-47-44-41-38-36-34-32-30-28-26-24-22-20-19-21-23-25-27-29-31-33-35-37-39-42-45-48-51-55-59-63-67-71-75-86-80(85)74-70-66-62-58-52-14-12-10-8-6-4-2/h10,12,68,72,77-78,82-83H,3-9,11,13-67,69-71,73-76H2,1-2H3,(H,81,84)/b12-10-,72-68+. The number of unbranched alkanes of at least 4 members (excludes halogenated alkanes) is 62. The maximum atomic E-state index is 12.5. The summed E-state index contributed by atoms with van der Waals surface area (Å²) in [5, 5.41) is 23.3. The summed E-state index contributed by atoms with van der Waals surface area (Å²) < 4.78 is 5.48. The van der Waals surface area contributed by atoms with E-state index in [0.29, 0.717) is 19.4 Å². The van der Waals surface area contributed by atoms with Gasteiger partial charge >= 0.3 is 5.97 Å². The van der Waals surface area contributed by atoms with E-state index in [1.165, 1.54) is 379 Å². The van der Waals surface area contributed by atoms with Crippen LogP contribution in [0.2, 0.25) is 0 Å². The molecule has 2 unspecified atom stereocenters. The van der Waals surface area contributed by atoms with Crippen LogP contribution in [-0.2, 0) is 14.3 Å². The molecule has 0 aliphatic rings. The number of carbonyl (C=O) groups excluding carboxylic acids is 2. The number of nitrogens with one attached hydrogen (secondary N) is 1. The maximum absolute atomic E-state index is 12.5. The molecule has 0 bridgehead atoms. The Balaban J connectivity index is 3.31. The molecule has 0 fully saturated rings. The van der Waals surface area contributed by atoms with Crippen molar-refractivity contribution in [3.63, 3.8) is 0 Å². The van der Waals surface area contributed by atoms with Crippen molar-refractivity contribution in [2.45, 2.75) is 463 Å². The average molecular weight is 1210 g/mol. The highest BCUT2D eigenvalue weighted by molar-refractivity contribution is 5.76. The first-order chi connectivity index (χ1) is 42.5. The van der Waals surface area contributed by atoms with E-state index >= 15 is 0 Å². The highest BCUT2D eigenvalue weighted by Crippen LogP contribution is 2.20. The van der Waals surface area contributed by atoms with Crippen LogP contribution in [0, 0.1) is 0 Å². The van der Waals surface area contributed by atoms with Crippen LogP contribution in [0.3, 0.4) is 0 Å². The number of aliphatic hydroxyl groups is 2. The van der Waals surface area contributed by atoms with E-state index in [2.05, 4.69) is 31.3 Å². The number of rotatable bonds is 75. The molecule has 0 aromatic rings. The molecule has 0 radical (unpaired) electrons. The number of hydrogen-bond acceptors (Lipinski definition) is 5. The fourth-order valence-electron chi connectivity index (χ4n) is 12.7. The Labute approximate surface area is 539 Å². The summed E-state index contributed by atoms with van der Waals surface area (Å²) in [5.74, 6) is -0.0441. The second kappa shape index (κ2) is 75.8. The smallest absolute Gasteiger partial charge is 0.305 e. The molecule has 3 N–H and O–H groups in total. The Bertz CT molecular complexity index is 1350. The fourth-order valence-corrected chi connectivity index (χ4v) is 12.7. The highest BCUT2D eigenvalue weighted by atomic mass is 16.5. The Morgan fingerprint density at radius 2 is 0.558 bits per heavy atom. The topological polar surface area (TPSA) is 95.9 Å². The molecule has 6 heteroatoms. The number of carbonyl (C=O) groups is 2. The van der Waals surface area contributed by atoms with Gasteiger partial charge in [-0.2, -0.15) is 0 Å².